The van der Waals surface area contributed by atoms with Crippen LogP contribution < -0.4 is 0 Å². The van der Waals surface area contributed by atoms with E-state index in [1.54, 1.807) is 49.5 Å². The zero-order chi connectivity index (χ0) is 21.3. The van der Waals surface area contributed by atoms with Gasteiger partial charge in [0.2, 0.25) is 0 Å². The fraction of sp³-hybridized carbons (Fsp3) is 0.318. The van der Waals surface area contributed by atoms with Crippen LogP contribution >= 0.6 is 0 Å². The first-order valence-electron chi connectivity index (χ1n) is 9.50. The number of amides is 1. The lowest BCUT2D eigenvalue weighted by Gasteiger charge is -2.21. The van der Waals surface area contributed by atoms with Crippen LogP contribution in [0.25, 0.3) is 22.4 Å². The standard InChI is InChI=1S/C22H24N2O6/c1-27-12-9-24(10-13-28-2)21(25)15-30-22(26)17-14-19(20-8-5-11-29-20)23-18-7-4-3-6-16(17)18/h3-8,11,14H,9-10,12-13,15H2,1-2H3. The number of aromatic nitrogens is 1. The largest absolute Gasteiger partial charge is 0.463 e. The van der Waals surface area contributed by atoms with Crippen molar-refractivity contribution in [2.45, 2.75) is 0 Å². The Labute approximate surface area is 174 Å². The van der Waals surface area contributed by atoms with Gasteiger partial charge >= 0.3 is 5.97 Å². The van der Waals surface area contributed by atoms with Crippen LogP contribution in [0.5, 0.6) is 0 Å². The van der Waals surface area contributed by atoms with Crippen molar-refractivity contribution in [2.24, 2.45) is 0 Å². The molecule has 3 rings (SSSR count). The number of hydrogen-bond donors (Lipinski definition) is 0. The minimum atomic E-state index is -0.604. The monoisotopic (exact) mass is 412 g/mol. The fourth-order valence-electron chi connectivity index (χ4n) is 2.96. The molecular formula is C22H24N2O6. The highest BCUT2D eigenvalue weighted by Crippen LogP contribution is 2.25. The van der Waals surface area contributed by atoms with Crippen LogP contribution in [0.4, 0.5) is 0 Å². The van der Waals surface area contributed by atoms with Crippen molar-refractivity contribution in [3.05, 3.63) is 54.3 Å². The number of para-hydroxylation sites is 1. The molecule has 30 heavy (non-hydrogen) atoms. The highest BCUT2D eigenvalue weighted by molar-refractivity contribution is 6.05. The van der Waals surface area contributed by atoms with E-state index >= 15 is 0 Å². The molecule has 8 heteroatoms. The van der Waals surface area contributed by atoms with Crippen molar-refractivity contribution in [1.29, 1.82) is 0 Å². The van der Waals surface area contributed by atoms with E-state index in [4.69, 9.17) is 18.6 Å². The van der Waals surface area contributed by atoms with Gasteiger partial charge in [-0.05, 0) is 24.3 Å². The van der Waals surface area contributed by atoms with E-state index in [0.29, 0.717) is 54.2 Å². The summed E-state index contributed by atoms with van der Waals surface area (Å²) < 4.78 is 20.8. The molecule has 0 atom stereocenters. The topological polar surface area (TPSA) is 91.1 Å². The van der Waals surface area contributed by atoms with Crippen molar-refractivity contribution >= 4 is 22.8 Å². The highest BCUT2D eigenvalue weighted by Gasteiger charge is 2.19. The molecule has 0 aliphatic rings. The number of benzene rings is 1. The van der Waals surface area contributed by atoms with Gasteiger partial charge in [-0.25, -0.2) is 9.78 Å². The smallest absolute Gasteiger partial charge is 0.339 e. The van der Waals surface area contributed by atoms with E-state index in [2.05, 4.69) is 4.98 Å². The van der Waals surface area contributed by atoms with Crippen LogP contribution in [0.3, 0.4) is 0 Å². The second-order valence-corrected chi connectivity index (χ2v) is 6.49. The zero-order valence-corrected chi connectivity index (χ0v) is 17.0. The summed E-state index contributed by atoms with van der Waals surface area (Å²) in [6.07, 6.45) is 1.54. The average Bonchev–Trinajstić information content (AvgIpc) is 3.31. The molecule has 0 unspecified atom stereocenters. The van der Waals surface area contributed by atoms with Crippen molar-refractivity contribution < 1.29 is 28.2 Å². The van der Waals surface area contributed by atoms with E-state index in [1.807, 2.05) is 12.1 Å². The molecule has 0 radical (unpaired) electrons. The van der Waals surface area contributed by atoms with Crippen LogP contribution in [-0.2, 0) is 19.0 Å². The molecule has 0 fully saturated rings. The van der Waals surface area contributed by atoms with E-state index in [9.17, 15) is 9.59 Å². The van der Waals surface area contributed by atoms with E-state index < -0.39 is 5.97 Å². The minimum Gasteiger partial charge on any atom is -0.463 e. The molecule has 0 saturated carbocycles. The maximum Gasteiger partial charge on any atom is 0.339 e. The lowest BCUT2D eigenvalue weighted by molar-refractivity contribution is -0.135. The molecular weight excluding hydrogens is 388 g/mol. The van der Waals surface area contributed by atoms with Crippen LogP contribution in [0, 0.1) is 0 Å². The molecule has 158 valence electrons. The SMILES string of the molecule is COCCN(CCOC)C(=O)COC(=O)c1cc(-c2ccco2)nc2ccccc12. The summed E-state index contributed by atoms with van der Waals surface area (Å²) in [7, 11) is 3.12. The Hall–Kier alpha value is -3.23. The molecule has 0 bridgehead atoms. The van der Waals surface area contributed by atoms with Gasteiger partial charge < -0.3 is 23.5 Å². The number of esters is 1. The zero-order valence-electron chi connectivity index (χ0n) is 17.0. The Morgan fingerprint density at radius 1 is 1.03 bits per heavy atom. The number of carbonyl (C=O) groups is 2. The van der Waals surface area contributed by atoms with Crippen molar-refractivity contribution in [2.75, 3.05) is 47.1 Å². The average molecular weight is 412 g/mol. The molecule has 1 amide bonds. The molecule has 0 aliphatic heterocycles. The summed E-state index contributed by atoms with van der Waals surface area (Å²) in [5, 5.41) is 0.640. The van der Waals surface area contributed by atoms with Gasteiger partial charge in [-0.1, -0.05) is 18.2 Å². The normalized spacial score (nSPS) is 10.9. The molecule has 2 heterocycles. The lowest BCUT2D eigenvalue weighted by Crippen LogP contribution is -2.39. The lowest BCUT2D eigenvalue weighted by atomic mass is 10.1. The Morgan fingerprint density at radius 3 is 2.43 bits per heavy atom. The molecule has 8 nitrogen and oxygen atoms in total. The maximum atomic E-state index is 12.8. The molecule has 1 aromatic carbocycles. The minimum absolute atomic E-state index is 0.318. The van der Waals surface area contributed by atoms with Gasteiger partial charge in [0, 0.05) is 32.7 Å². The Kier molecular flexibility index (Phi) is 7.53. The number of methoxy groups -OCH3 is 2. The predicted octanol–water partition coefficient (Wildman–Crippen LogP) is 2.77. The molecule has 0 spiro atoms. The number of rotatable bonds is 10. The van der Waals surface area contributed by atoms with Crippen LogP contribution in [0.2, 0.25) is 0 Å². The Balaban J connectivity index is 1.78. The summed E-state index contributed by atoms with van der Waals surface area (Å²) in [5.74, 6) is -0.383. The predicted molar refractivity (Wildman–Crippen MR) is 110 cm³/mol. The summed E-state index contributed by atoms with van der Waals surface area (Å²) in [6, 6.07) is 12.4. The van der Waals surface area contributed by atoms with E-state index in [1.165, 1.54) is 6.26 Å². The molecule has 3 aromatic rings. The molecule has 0 aliphatic carbocycles. The van der Waals surface area contributed by atoms with Crippen LogP contribution in [0.1, 0.15) is 10.4 Å². The Bertz CT molecular complexity index is 978. The number of carbonyl (C=O) groups excluding carboxylic acids is 2. The summed E-state index contributed by atoms with van der Waals surface area (Å²) >= 11 is 0. The fourth-order valence-corrected chi connectivity index (χ4v) is 2.96. The molecule has 0 saturated heterocycles. The number of hydrogen-bond acceptors (Lipinski definition) is 7. The molecule has 2 aromatic heterocycles. The second-order valence-electron chi connectivity index (χ2n) is 6.49. The van der Waals surface area contributed by atoms with Gasteiger partial charge in [-0.2, -0.15) is 0 Å². The molecule has 0 N–H and O–H groups in total. The highest BCUT2D eigenvalue weighted by atomic mass is 16.5. The third-order valence-corrected chi connectivity index (χ3v) is 4.52. The van der Waals surface area contributed by atoms with E-state index in [-0.39, 0.29) is 12.5 Å². The number of fused-ring (bicyclic) bond motifs is 1. The number of pyridine rings is 1. The van der Waals surface area contributed by atoms with Crippen molar-refractivity contribution in [3.63, 3.8) is 0 Å². The van der Waals surface area contributed by atoms with Crippen LogP contribution in [-0.4, -0.2) is 68.9 Å². The number of furan rings is 1. The van der Waals surface area contributed by atoms with Gasteiger partial charge in [0.1, 0.15) is 5.69 Å². The Morgan fingerprint density at radius 2 is 1.77 bits per heavy atom. The number of nitrogens with zero attached hydrogens (tertiary/aromatic N) is 2. The number of ether oxygens (including phenoxy) is 3. The van der Waals surface area contributed by atoms with Crippen molar-refractivity contribution in [3.8, 4) is 11.5 Å². The summed E-state index contributed by atoms with van der Waals surface area (Å²) in [4.78, 5) is 31.4. The van der Waals surface area contributed by atoms with Crippen LogP contribution in [0.15, 0.2) is 53.1 Å². The maximum absolute atomic E-state index is 12.8. The van der Waals surface area contributed by atoms with E-state index in [0.717, 1.165) is 0 Å². The van der Waals surface area contributed by atoms with Gasteiger partial charge in [-0.3, -0.25) is 4.79 Å². The second kappa shape index (κ2) is 10.5. The third-order valence-electron chi connectivity index (χ3n) is 4.52. The summed E-state index contributed by atoms with van der Waals surface area (Å²) in [5.41, 5.74) is 1.46. The first-order valence-corrected chi connectivity index (χ1v) is 9.50. The van der Waals surface area contributed by atoms with Crippen molar-refractivity contribution in [1.82, 2.24) is 9.88 Å². The third kappa shape index (κ3) is 5.22. The van der Waals surface area contributed by atoms with Gasteiger partial charge in [0.15, 0.2) is 12.4 Å². The first-order chi connectivity index (χ1) is 14.6. The summed E-state index contributed by atoms with van der Waals surface area (Å²) in [6.45, 7) is 1.16. The first kappa shape index (κ1) is 21.5. The quantitative estimate of drug-likeness (QED) is 0.473. The van der Waals surface area contributed by atoms with Gasteiger partial charge in [0.25, 0.3) is 5.91 Å². The van der Waals surface area contributed by atoms with Gasteiger partial charge in [0.05, 0.1) is 30.6 Å². The van der Waals surface area contributed by atoms with Gasteiger partial charge in [-0.15, -0.1) is 0 Å².